The minimum Gasteiger partial charge on any atom is -0.354 e. The molecular formula is C14H20N6O2. The molecule has 22 heavy (non-hydrogen) atoms. The normalized spacial score (nSPS) is 10.5. The van der Waals surface area contributed by atoms with Crippen molar-refractivity contribution in [3.63, 3.8) is 0 Å². The van der Waals surface area contributed by atoms with Crippen LogP contribution in [0.2, 0.25) is 0 Å². The van der Waals surface area contributed by atoms with E-state index in [1.807, 2.05) is 26.1 Å². The van der Waals surface area contributed by atoms with Crippen molar-refractivity contribution < 1.29 is 9.59 Å². The number of carbonyl (C=O) groups excluding carboxylic acids is 2. The van der Waals surface area contributed by atoms with E-state index in [4.69, 9.17) is 0 Å². The molecule has 0 aliphatic rings. The molecule has 0 radical (unpaired) electrons. The third-order valence-electron chi connectivity index (χ3n) is 3.14. The first kappa shape index (κ1) is 15.7. The van der Waals surface area contributed by atoms with Crippen molar-refractivity contribution in [2.45, 2.75) is 33.4 Å². The Kier molecular flexibility index (Phi) is 4.92. The van der Waals surface area contributed by atoms with Crippen LogP contribution in [0, 0.1) is 6.92 Å². The van der Waals surface area contributed by atoms with Gasteiger partial charge in [0.05, 0.1) is 11.4 Å². The maximum Gasteiger partial charge on any atom is 0.273 e. The minimum atomic E-state index is -0.329. The minimum absolute atomic E-state index is 0.186. The molecule has 0 unspecified atom stereocenters. The van der Waals surface area contributed by atoms with Gasteiger partial charge in [-0.3, -0.25) is 19.0 Å². The molecular weight excluding hydrogens is 284 g/mol. The lowest BCUT2D eigenvalue weighted by Gasteiger charge is -2.05. The molecule has 0 saturated heterocycles. The summed E-state index contributed by atoms with van der Waals surface area (Å²) in [6.07, 6.45) is 3.75. The fourth-order valence-electron chi connectivity index (χ4n) is 1.98. The molecule has 0 atom stereocenters. The molecule has 0 spiro atoms. The second-order valence-corrected chi connectivity index (χ2v) is 4.84. The summed E-state index contributed by atoms with van der Waals surface area (Å²) in [5, 5.41) is 13.6. The van der Waals surface area contributed by atoms with E-state index in [2.05, 4.69) is 20.8 Å². The van der Waals surface area contributed by atoms with Crippen molar-refractivity contribution in [3.8, 4) is 0 Å². The molecule has 8 nitrogen and oxygen atoms in total. The van der Waals surface area contributed by atoms with Gasteiger partial charge in [0.25, 0.3) is 5.91 Å². The number of nitrogens with one attached hydrogen (secondary N) is 2. The van der Waals surface area contributed by atoms with Crippen molar-refractivity contribution in [3.05, 3.63) is 29.8 Å². The third kappa shape index (κ3) is 3.72. The number of aromatic nitrogens is 4. The Balaban J connectivity index is 2.01. The summed E-state index contributed by atoms with van der Waals surface area (Å²) in [5.74, 6) is -0.515. The lowest BCUT2D eigenvalue weighted by Crippen LogP contribution is -2.22. The summed E-state index contributed by atoms with van der Waals surface area (Å²) < 4.78 is 3.32. The summed E-state index contributed by atoms with van der Waals surface area (Å²) in [7, 11) is 1.53. The molecule has 0 bridgehead atoms. The van der Waals surface area contributed by atoms with Gasteiger partial charge in [-0.1, -0.05) is 0 Å². The van der Waals surface area contributed by atoms with Crippen molar-refractivity contribution in [1.29, 1.82) is 0 Å². The van der Waals surface area contributed by atoms with Crippen molar-refractivity contribution in [2.75, 3.05) is 12.4 Å². The van der Waals surface area contributed by atoms with Crippen LogP contribution in [0.15, 0.2) is 18.5 Å². The van der Waals surface area contributed by atoms with Crippen LogP contribution in [0.25, 0.3) is 0 Å². The Morgan fingerprint density at radius 3 is 2.64 bits per heavy atom. The second-order valence-electron chi connectivity index (χ2n) is 4.84. The molecule has 8 heteroatoms. The van der Waals surface area contributed by atoms with E-state index < -0.39 is 0 Å². The van der Waals surface area contributed by atoms with Crippen molar-refractivity contribution in [1.82, 2.24) is 24.9 Å². The number of nitrogens with zero attached hydrogens (tertiary/aromatic N) is 4. The molecule has 0 aliphatic heterocycles. The smallest absolute Gasteiger partial charge is 0.273 e. The maximum atomic E-state index is 12.0. The quantitative estimate of drug-likeness (QED) is 0.825. The highest BCUT2D eigenvalue weighted by molar-refractivity contribution is 6.02. The number of rotatable bonds is 6. The highest BCUT2D eigenvalue weighted by atomic mass is 16.2. The van der Waals surface area contributed by atoms with Gasteiger partial charge in [-0.25, -0.2) is 0 Å². The van der Waals surface area contributed by atoms with E-state index in [9.17, 15) is 9.59 Å². The molecule has 2 aromatic heterocycles. The number of hydrogen-bond donors (Lipinski definition) is 2. The molecule has 2 rings (SSSR count). The fraction of sp³-hybridized carbons (Fsp3) is 0.429. The summed E-state index contributed by atoms with van der Waals surface area (Å²) >= 11 is 0. The zero-order valence-corrected chi connectivity index (χ0v) is 13.0. The fourth-order valence-corrected chi connectivity index (χ4v) is 1.98. The lowest BCUT2D eigenvalue weighted by atomic mass is 10.3. The van der Waals surface area contributed by atoms with Gasteiger partial charge in [-0.2, -0.15) is 10.2 Å². The van der Waals surface area contributed by atoms with Gasteiger partial charge >= 0.3 is 0 Å². The van der Waals surface area contributed by atoms with Gasteiger partial charge in [-0.05, 0) is 19.9 Å². The Labute approximate surface area is 128 Å². The van der Waals surface area contributed by atoms with Crippen LogP contribution in [0.1, 0.15) is 29.5 Å². The summed E-state index contributed by atoms with van der Waals surface area (Å²) in [6.45, 7) is 4.90. The lowest BCUT2D eigenvalue weighted by molar-refractivity contribution is -0.116. The van der Waals surface area contributed by atoms with Gasteiger partial charge in [0.1, 0.15) is 0 Å². The standard InChI is InChI=1S/C14H20N6O2/c1-4-19-9-11(13(18-19)14(22)15-3)16-12(21)6-8-20-7-5-10(2)17-20/h5,7,9H,4,6,8H2,1-3H3,(H,15,22)(H,16,21). The highest BCUT2D eigenvalue weighted by Gasteiger charge is 2.17. The molecule has 2 N–H and O–H groups in total. The SMILES string of the molecule is CCn1cc(NC(=O)CCn2ccc(C)n2)c(C(=O)NC)n1. The topological polar surface area (TPSA) is 93.8 Å². The number of carbonyl (C=O) groups is 2. The molecule has 2 heterocycles. The van der Waals surface area contributed by atoms with E-state index in [-0.39, 0.29) is 23.9 Å². The largest absolute Gasteiger partial charge is 0.354 e. The third-order valence-corrected chi connectivity index (χ3v) is 3.14. The molecule has 0 fully saturated rings. The van der Waals surface area contributed by atoms with Crippen LogP contribution in [0.4, 0.5) is 5.69 Å². The summed E-state index contributed by atoms with van der Waals surface area (Å²) in [6, 6.07) is 1.88. The highest BCUT2D eigenvalue weighted by Crippen LogP contribution is 2.14. The molecule has 0 aliphatic carbocycles. The zero-order chi connectivity index (χ0) is 16.1. The molecule has 0 aromatic carbocycles. The van der Waals surface area contributed by atoms with Gasteiger partial charge in [0.15, 0.2) is 5.69 Å². The maximum absolute atomic E-state index is 12.0. The monoisotopic (exact) mass is 304 g/mol. The van der Waals surface area contributed by atoms with Gasteiger partial charge in [-0.15, -0.1) is 0 Å². The average molecular weight is 304 g/mol. The first-order valence-corrected chi connectivity index (χ1v) is 7.13. The number of hydrogen-bond acceptors (Lipinski definition) is 4. The van der Waals surface area contributed by atoms with E-state index in [0.29, 0.717) is 18.8 Å². The number of anilines is 1. The average Bonchev–Trinajstić information content (AvgIpc) is 3.10. The van der Waals surface area contributed by atoms with Crippen LogP contribution in [-0.2, 0) is 17.9 Å². The number of amides is 2. The van der Waals surface area contributed by atoms with E-state index in [0.717, 1.165) is 5.69 Å². The first-order chi connectivity index (χ1) is 10.5. The predicted octanol–water partition coefficient (Wildman–Crippen LogP) is 0.796. The van der Waals surface area contributed by atoms with Gasteiger partial charge in [0.2, 0.25) is 5.91 Å². The summed E-state index contributed by atoms with van der Waals surface area (Å²) in [4.78, 5) is 23.8. The van der Waals surface area contributed by atoms with Crippen molar-refractivity contribution in [2.24, 2.45) is 0 Å². The number of aryl methyl sites for hydroxylation is 3. The van der Waals surface area contributed by atoms with E-state index in [1.165, 1.54) is 7.05 Å². The molecule has 118 valence electrons. The Hall–Kier alpha value is -2.64. The first-order valence-electron chi connectivity index (χ1n) is 7.13. The van der Waals surface area contributed by atoms with Gasteiger partial charge in [0, 0.05) is 39.0 Å². The van der Waals surface area contributed by atoms with Crippen molar-refractivity contribution >= 4 is 17.5 Å². The Morgan fingerprint density at radius 2 is 2.05 bits per heavy atom. The van der Waals surface area contributed by atoms with Crippen LogP contribution >= 0.6 is 0 Å². The van der Waals surface area contributed by atoms with Crippen LogP contribution < -0.4 is 10.6 Å². The molecule has 2 aromatic rings. The second kappa shape index (κ2) is 6.88. The summed E-state index contributed by atoms with van der Waals surface area (Å²) in [5.41, 5.74) is 1.54. The Bertz CT molecular complexity index is 673. The predicted molar refractivity (Wildman–Crippen MR) is 81.5 cm³/mol. The Morgan fingerprint density at radius 1 is 1.27 bits per heavy atom. The van der Waals surface area contributed by atoms with Gasteiger partial charge < -0.3 is 10.6 Å². The zero-order valence-electron chi connectivity index (χ0n) is 13.0. The van der Waals surface area contributed by atoms with Crippen LogP contribution in [-0.4, -0.2) is 38.4 Å². The molecule has 0 saturated carbocycles. The molecule has 2 amide bonds. The van der Waals surface area contributed by atoms with E-state index >= 15 is 0 Å². The van der Waals surface area contributed by atoms with Crippen LogP contribution in [0.5, 0.6) is 0 Å². The van der Waals surface area contributed by atoms with Crippen LogP contribution in [0.3, 0.4) is 0 Å². The van der Waals surface area contributed by atoms with E-state index in [1.54, 1.807) is 15.6 Å².